The van der Waals surface area contributed by atoms with Crippen molar-refractivity contribution in [1.29, 1.82) is 0 Å². The lowest BCUT2D eigenvalue weighted by Crippen LogP contribution is -2.42. The summed E-state index contributed by atoms with van der Waals surface area (Å²) < 4.78 is 7.26. The molecule has 1 aliphatic rings. The molecule has 2 heterocycles. The molecule has 138 valence electrons. The van der Waals surface area contributed by atoms with Gasteiger partial charge in [0.1, 0.15) is 5.82 Å². The van der Waals surface area contributed by atoms with Crippen molar-refractivity contribution in [2.75, 3.05) is 6.54 Å². The Morgan fingerprint density at radius 1 is 1.33 bits per heavy atom. The number of imidazole rings is 1. The number of cyclic esters (lactones) is 1. The lowest BCUT2D eigenvalue weighted by Gasteiger charge is -2.23. The van der Waals surface area contributed by atoms with E-state index < -0.39 is 12.1 Å². The van der Waals surface area contributed by atoms with E-state index in [2.05, 4.69) is 10.3 Å². The van der Waals surface area contributed by atoms with E-state index in [1.807, 2.05) is 41.9 Å². The highest BCUT2D eigenvalue weighted by Crippen LogP contribution is 2.21. The lowest BCUT2D eigenvalue weighted by molar-refractivity contribution is -0.130. The number of rotatable bonds is 4. The zero-order chi connectivity index (χ0) is 19.0. The van der Waals surface area contributed by atoms with Gasteiger partial charge in [-0.1, -0.05) is 29.8 Å². The van der Waals surface area contributed by atoms with Crippen LogP contribution in [-0.4, -0.2) is 34.1 Å². The zero-order valence-electron chi connectivity index (χ0n) is 14.7. The molecule has 7 heteroatoms. The monoisotopic (exact) mass is 383 g/mol. The highest BCUT2D eigenvalue weighted by molar-refractivity contribution is 6.31. The number of amides is 1. The average Bonchev–Trinajstić information content (AvgIpc) is 2.96. The van der Waals surface area contributed by atoms with Crippen molar-refractivity contribution in [2.24, 2.45) is 7.05 Å². The van der Waals surface area contributed by atoms with E-state index in [-0.39, 0.29) is 5.91 Å². The summed E-state index contributed by atoms with van der Waals surface area (Å²) in [5.41, 5.74) is 3.17. The molecule has 0 saturated carbocycles. The third-order valence-electron chi connectivity index (χ3n) is 4.77. The van der Waals surface area contributed by atoms with Crippen LogP contribution >= 0.6 is 11.6 Å². The van der Waals surface area contributed by atoms with Gasteiger partial charge in [0.15, 0.2) is 6.10 Å². The lowest BCUT2D eigenvalue weighted by atomic mass is 9.98. The van der Waals surface area contributed by atoms with E-state index in [0.29, 0.717) is 30.0 Å². The number of hydrogen-bond donors (Lipinski definition) is 1. The molecule has 1 aliphatic heterocycles. The summed E-state index contributed by atoms with van der Waals surface area (Å²) in [6, 6.07) is 12.8. The van der Waals surface area contributed by atoms with Crippen molar-refractivity contribution >= 4 is 34.5 Å². The molecular weight excluding hydrogens is 366 g/mol. The fourth-order valence-corrected chi connectivity index (χ4v) is 3.50. The molecule has 6 nitrogen and oxygen atoms in total. The fraction of sp³-hybridized carbons (Fsp3) is 0.250. The predicted molar refractivity (Wildman–Crippen MR) is 102 cm³/mol. The van der Waals surface area contributed by atoms with Crippen LogP contribution in [0.5, 0.6) is 0 Å². The summed E-state index contributed by atoms with van der Waals surface area (Å²) in [5, 5.41) is 3.48. The average molecular weight is 384 g/mol. The second kappa shape index (κ2) is 7.04. The molecule has 27 heavy (non-hydrogen) atoms. The molecule has 3 aromatic rings. The van der Waals surface area contributed by atoms with Gasteiger partial charge >= 0.3 is 5.97 Å². The Morgan fingerprint density at radius 3 is 3.00 bits per heavy atom. The first-order chi connectivity index (χ1) is 13.0. The molecule has 2 aromatic carbocycles. The highest BCUT2D eigenvalue weighted by Gasteiger charge is 2.30. The van der Waals surface area contributed by atoms with Gasteiger partial charge in [-0.05, 0) is 29.8 Å². The number of halogens is 1. The minimum absolute atomic E-state index is 0.292. The van der Waals surface area contributed by atoms with E-state index >= 15 is 0 Å². The smallest absolute Gasteiger partial charge is 0.339 e. The number of hydrogen-bond acceptors (Lipinski definition) is 4. The molecule has 0 radical (unpaired) electrons. The highest BCUT2D eigenvalue weighted by atomic mass is 35.5. The molecule has 1 aromatic heterocycles. The topological polar surface area (TPSA) is 73.2 Å². The molecule has 0 fully saturated rings. The predicted octanol–water partition coefficient (Wildman–Crippen LogP) is 2.67. The van der Waals surface area contributed by atoms with Crippen LogP contribution in [0.3, 0.4) is 0 Å². The molecule has 4 rings (SSSR count). The molecule has 0 saturated heterocycles. The number of carbonyl (C=O) groups is 2. The Balaban J connectivity index is 1.39. The number of nitrogens with one attached hydrogen (secondary N) is 1. The SMILES string of the molecule is Cn1c(CCNC(=O)[C@@H]2Cc3ccccc3C(=O)O2)nc2cc(Cl)ccc21. The quantitative estimate of drug-likeness (QED) is 0.703. The molecule has 1 N–H and O–H groups in total. The summed E-state index contributed by atoms with van der Waals surface area (Å²) in [7, 11) is 1.93. The zero-order valence-corrected chi connectivity index (χ0v) is 15.5. The van der Waals surface area contributed by atoms with E-state index in [1.165, 1.54) is 0 Å². The third-order valence-corrected chi connectivity index (χ3v) is 5.00. The Kier molecular flexibility index (Phi) is 4.58. The van der Waals surface area contributed by atoms with E-state index in [9.17, 15) is 9.59 Å². The number of fused-ring (bicyclic) bond motifs is 2. The maximum absolute atomic E-state index is 12.4. The largest absolute Gasteiger partial charge is 0.448 e. The maximum Gasteiger partial charge on any atom is 0.339 e. The van der Waals surface area contributed by atoms with Gasteiger partial charge in [-0.15, -0.1) is 0 Å². The van der Waals surface area contributed by atoms with Crippen LogP contribution in [0, 0.1) is 0 Å². The number of nitrogens with zero attached hydrogens (tertiary/aromatic N) is 2. The van der Waals surface area contributed by atoms with Crippen molar-refractivity contribution in [3.8, 4) is 0 Å². The second-order valence-electron chi connectivity index (χ2n) is 6.52. The van der Waals surface area contributed by atoms with Gasteiger partial charge in [-0.3, -0.25) is 4.79 Å². The molecule has 1 amide bonds. The van der Waals surface area contributed by atoms with Crippen molar-refractivity contribution in [2.45, 2.75) is 18.9 Å². The van der Waals surface area contributed by atoms with Crippen LogP contribution in [0.15, 0.2) is 42.5 Å². The number of carbonyl (C=O) groups excluding carboxylic acids is 2. The van der Waals surface area contributed by atoms with E-state index in [4.69, 9.17) is 16.3 Å². The van der Waals surface area contributed by atoms with Gasteiger partial charge in [0.2, 0.25) is 0 Å². The third kappa shape index (κ3) is 3.40. The first-order valence-corrected chi connectivity index (χ1v) is 9.08. The van der Waals surface area contributed by atoms with Gasteiger partial charge in [-0.25, -0.2) is 9.78 Å². The normalized spacial score (nSPS) is 16.1. The first kappa shape index (κ1) is 17.5. The van der Waals surface area contributed by atoms with Crippen LogP contribution in [0.1, 0.15) is 21.7 Å². The van der Waals surface area contributed by atoms with Gasteiger partial charge in [0, 0.05) is 31.5 Å². The molecule has 1 atom stereocenters. The van der Waals surface area contributed by atoms with Crippen LogP contribution in [0.4, 0.5) is 0 Å². The van der Waals surface area contributed by atoms with E-state index in [0.717, 1.165) is 22.4 Å². The molecule has 0 aliphatic carbocycles. The van der Waals surface area contributed by atoms with Crippen LogP contribution < -0.4 is 5.32 Å². The number of aryl methyl sites for hydroxylation is 1. The van der Waals surface area contributed by atoms with Gasteiger partial charge in [0.25, 0.3) is 5.91 Å². The molecule has 0 spiro atoms. The number of aromatic nitrogens is 2. The minimum atomic E-state index is -0.799. The van der Waals surface area contributed by atoms with Crippen molar-refractivity contribution in [3.63, 3.8) is 0 Å². The number of esters is 1. The molecule has 0 bridgehead atoms. The summed E-state index contributed by atoms with van der Waals surface area (Å²) in [6.45, 7) is 0.402. The van der Waals surface area contributed by atoms with Crippen molar-refractivity contribution < 1.29 is 14.3 Å². The molecule has 0 unspecified atom stereocenters. The summed E-state index contributed by atoms with van der Waals surface area (Å²) in [4.78, 5) is 29.0. The molecular formula is C20H18ClN3O3. The fourth-order valence-electron chi connectivity index (χ4n) is 3.34. The van der Waals surface area contributed by atoms with E-state index in [1.54, 1.807) is 12.1 Å². The van der Waals surface area contributed by atoms with Gasteiger partial charge < -0.3 is 14.6 Å². The number of benzene rings is 2. The number of ether oxygens (including phenoxy) is 1. The second-order valence-corrected chi connectivity index (χ2v) is 6.95. The summed E-state index contributed by atoms with van der Waals surface area (Å²) in [5.74, 6) is 0.0995. The Morgan fingerprint density at radius 2 is 2.15 bits per heavy atom. The van der Waals surface area contributed by atoms with Crippen LogP contribution in [-0.2, 0) is 29.4 Å². The Bertz CT molecular complexity index is 1040. The van der Waals surface area contributed by atoms with Gasteiger partial charge in [0.05, 0.1) is 16.6 Å². The standard InChI is InChI=1S/C20H18ClN3O3/c1-24-16-7-6-13(21)11-15(16)23-18(24)8-9-22-19(25)17-10-12-4-2-3-5-14(12)20(26)27-17/h2-7,11,17H,8-10H2,1H3,(H,22,25)/t17-/m0/s1. The summed E-state index contributed by atoms with van der Waals surface area (Å²) in [6.07, 6.45) is 0.149. The van der Waals surface area contributed by atoms with Crippen LogP contribution in [0.25, 0.3) is 11.0 Å². The summed E-state index contributed by atoms with van der Waals surface area (Å²) >= 11 is 6.01. The first-order valence-electron chi connectivity index (χ1n) is 8.70. The van der Waals surface area contributed by atoms with Crippen molar-refractivity contribution in [1.82, 2.24) is 14.9 Å². The minimum Gasteiger partial charge on any atom is -0.448 e. The Labute approximate surface area is 161 Å². The van der Waals surface area contributed by atoms with Crippen molar-refractivity contribution in [3.05, 3.63) is 64.4 Å². The van der Waals surface area contributed by atoms with Gasteiger partial charge in [-0.2, -0.15) is 0 Å². The Hall–Kier alpha value is -2.86. The van der Waals surface area contributed by atoms with Crippen LogP contribution in [0.2, 0.25) is 5.02 Å². The maximum atomic E-state index is 12.4.